The molecule has 3 N–H and O–H groups in total. The van der Waals surface area contributed by atoms with E-state index < -0.39 is 12.0 Å². The smallest absolute Gasteiger partial charge is 0.320 e. The molecule has 16 heavy (non-hydrogen) atoms. The van der Waals surface area contributed by atoms with E-state index in [9.17, 15) is 4.79 Å². The summed E-state index contributed by atoms with van der Waals surface area (Å²) in [5.41, 5.74) is 8.88. The number of anilines is 1. The highest BCUT2D eigenvalue weighted by Gasteiger charge is 2.29. The second kappa shape index (κ2) is 4.14. The minimum Gasteiger partial charge on any atom is -0.480 e. The zero-order chi connectivity index (χ0) is 11.7. The van der Waals surface area contributed by atoms with E-state index in [-0.39, 0.29) is 0 Å². The summed E-state index contributed by atoms with van der Waals surface area (Å²) >= 11 is 0. The highest BCUT2D eigenvalue weighted by Crippen LogP contribution is 2.29. The van der Waals surface area contributed by atoms with E-state index in [1.54, 1.807) is 0 Å². The summed E-state index contributed by atoms with van der Waals surface area (Å²) in [5.74, 6) is -0.756. The molecule has 4 heteroatoms. The van der Waals surface area contributed by atoms with E-state index in [1.165, 1.54) is 0 Å². The van der Waals surface area contributed by atoms with Crippen molar-refractivity contribution in [1.82, 2.24) is 4.90 Å². The van der Waals surface area contributed by atoms with Gasteiger partial charge in [0.05, 0.1) is 0 Å². The molecule has 1 heterocycles. The molecule has 0 radical (unpaired) electrons. The fourth-order valence-corrected chi connectivity index (χ4v) is 2.28. The fraction of sp³-hybridized carbons (Fsp3) is 0.417. The average Bonchev–Trinajstić information content (AvgIpc) is 2.63. The lowest BCUT2D eigenvalue weighted by molar-refractivity contribution is -0.143. The fourth-order valence-electron chi connectivity index (χ4n) is 2.28. The van der Waals surface area contributed by atoms with Gasteiger partial charge in [0.2, 0.25) is 0 Å². The van der Waals surface area contributed by atoms with Gasteiger partial charge in [-0.3, -0.25) is 9.69 Å². The molecule has 1 aromatic rings. The highest BCUT2D eigenvalue weighted by molar-refractivity contribution is 5.73. The van der Waals surface area contributed by atoms with Crippen LogP contribution in [-0.4, -0.2) is 22.0 Å². The topological polar surface area (TPSA) is 66.6 Å². The predicted octanol–water partition coefficient (Wildman–Crippen LogP) is 1.45. The number of hydrogen-bond donors (Lipinski definition) is 2. The molecular weight excluding hydrogens is 204 g/mol. The number of rotatable bonds is 3. The average molecular weight is 220 g/mol. The molecule has 0 saturated carbocycles. The standard InChI is InChI=1S/C12H16N2O2/c1-2-11(12(15)16)14-6-8-4-3-5-10(13)9(8)7-14/h3-5,11H,2,6-7,13H2,1H3,(H,15,16). The zero-order valence-electron chi connectivity index (χ0n) is 9.31. The van der Waals surface area contributed by atoms with Crippen molar-refractivity contribution >= 4 is 11.7 Å². The molecule has 1 aliphatic heterocycles. The molecule has 4 nitrogen and oxygen atoms in total. The van der Waals surface area contributed by atoms with Gasteiger partial charge in [-0.2, -0.15) is 0 Å². The largest absolute Gasteiger partial charge is 0.480 e. The van der Waals surface area contributed by atoms with Crippen molar-refractivity contribution < 1.29 is 9.90 Å². The van der Waals surface area contributed by atoms with Crippen LogP contribution >= 0.6 is 0 Å². The molecular formula is C12H16N2O2. The summed E-state index contributed by atoms with van der Waals surface area (Å²) in [5, 5.41) is 9.11. The Kier molecular flexibility index (Phi) is 2.83. The lowest BCUT2D eigenvalue weighted by Gasteiger charge is -2.22. The molecule has 1 atom stereocenters. The van der Waals surface area contributed by atoms with Gasteiger partial charge in [0, 0.05) is 18.8 Å². The van der Waals surface area contributed by atoms with Gasteiger partial charge in [-0.1, -0.05) is 19.1 Å². The van der Waals surface area contributed by atoms with E-state index >= 15 is 0 Å². The van der Waals surface area contributed by atoms with Crippen LogP contribution in [0.4, 0.5) is 5.69 Å². The van der Waals surface area contributed by atoms with Gasteiger partial charge in [-0.25, -0.2) is 0 Å². The van der Waals surface area contributed by atoms with Crippen LogP contribution in [0.25, 0.3) is 0 Å². The molecule has 0 fully saturated rings. The first-order valence-electron chi connectivity index (χ1n) is 5.46. The van der Waals surface area contributed by atoms with Crippen LogP contribution in [0.1, 0.15) is 24.5 Å². The normalized spacial score (nSPS) is 17.1. The maximum atomic E-state index is 11.1. The molecule has 1 aromatic carbocycles. The van der Waals surface area contributed by atoms with E-state index in [1.807, 2.05) is 30.0 Å². The van der Waals surface area contributed by atoms with Crippen LogP contribution in [-0.2, 0) is 17.9 Å². The van der Waals surface area contributed by atoms with E-state index in [0.717, 1.165) is 16.8 Å². The number of nitrogens with zero attached hydrogens (tertiary/aromatic N) is 1. The molecule has 0 bridgehead atoms. The highest BCUT2D eigenvalue weighted by atomic mass is 16.4. The Balaban J connectivity index is 2.22. The van der Waals surface area contributed by atoms with Gasteiger partial charge in [0.25, 0.3) is 0 Å². The van der Waals surface area contributed by atoms with Gasteiger partial charge in [-0.15, -0.1) is 0 Å². The number of nitrogens with two attached hydrogens (primary N) is 1. The molecule has 86 valence electrons. The van der Waals surface area contributed by atoms with Crippen LogP contribution in [0.5, 0.6) is 0 Å². The number of aliphatic carboxylic acids is 1. The minimum atomic E-state index is -0.756. The number of carbonyl (C=O) groups is 1. The Morgan fingerprint density at radius 1 is 1.56 bits per heavy atom. The Bertz CT molecular complexity index is 417. The lowest BCUT2D eigenvalue weighted by Crippen LogP contribution is -2.37. The molecule has 0 aromatic heterocycles. The van der Waals surface area contributed by atoms with E-state index in [2.05, 4.69) is 0 Å². The summed E-state index contributed by atoms with van der Waals surface area (Å²) in [6.07, 6.45) is 0.614. The second-order valence-electron chi connectivity index (χ2n) is 4.15. The first kappa shape index (κ1) is 11.0. The monoisotopic (exact) mass is 220 g/mol. The maximum absolute atomic E-state index is 11.1. The van der Waals surface area contributed by atoms with Crippen LogP contribution in [0.15, 0.2) is 18.2 Å². The summed E-state index contributed by atoms with van der Waals surface area (Å²) in [7, 11) is 0. The summed E-state index contributed by atoms with van der Waals surface area (Å²) in [6.45, 7) is 3.23. The van der Waals surface area contributed by atoms with E-state index in [4.69, 9.17) is 10.8 Å². The van der Waals surface area contributed by atoms with Crippen molar-refractivity contribution in [3.05, 3.63) is 29.3 Å². The van der Waals surface area contributed by atoms with E-state index in [0.29, 0.717) is 19.5 Å². The number of hydrogen-bond acceptors (Lipinski definition) is 3. The second-order valence-corrected chi connectivity index (χ2v) is 4.15. The minimum absolute atomic E-state index is 0.410. The molecule has 0 amide bonds. The first-order chi connectivity index (χ1) is 7.63. The lowest BCUT2D eigenvalue weighted by atomic mass is 10.1. The molecule has 1 unspecified atom stereocenters. The number of fused-ring (bicyclic) bond motifs is 1. The number of nitrogen functional groups attached to an aromatic ring is 1. The zero-order valence-corrected chi connectivity index (χ0v) is 9.31. The summed E-state index contributed by atoms with van der Waals surface area (Å²) in [6, 6.07) is 5.38. The number of benzene rings is 1. The van der Waals surface area contributed by atoms with Crippen LogP contribution in [0.3, 0.4) is 0 Å². The number of carboxylic acids is 1. The van der Waals surface area contributed by atoms with Crippen molar-refractivity contribution in [2.75, 3.05) is 5.73 Å². The molecule has 0 spiro atoms. The van der Waals surface area contributed by atoms with Crippen molar-refractivity contribution in [3.63, 3.8) is 0 Å². The van der Waals surface area contributed by atoms with Gasteiger partial charge in [0.1, 0.15) is 6.04 Å². The predicted molar refractivity (Wildman–Crippen MR) is 61.8 cm³/mol. The third kappa shape index (κ3) is 1.76. The third-order valence-corrected chi connectivity index (χ3v) is 3.16. The van der Waals surface area contributed by atoms with Crippen LogP contribution < -0.4 is 5.73 Å². The van der Waals surface area contributed by atoms with Crippen LogP contribution in [0.2, 0.25) is 0 Å². The van der Waals surface area contributed by atoms with Gasteiger partial charge >= 0.3 is 5.97 Å². The SMILES string of the molecule is CCC(C(=O)O)N1Cc2cccc(N)c2C1. The van der Waals surface area contributed by atoms with Gasteiger partial charge in [0.15, 0.2) is 0 Å². The molecule has 2 rings (SSSR count). The maximum Gasteiger partial charge on any atom is 0.320 e. The van der Waals surface area contributed by atoms with Crippen molar-refractivity contribution in [3.8, 4) is 0 Å². The Labute approximate surface area is 94.7 Å². The van der Waals surface area contributed by atoms with Gasteiger partial charge in [-0.05, 0) is 23.6 Å². The quantitative estimate of drug-likeness (QED) is 0.756. The molecule has 0 aliphatic carbocycles. The Hall–Kier alpha value is -1.55. The Morgan fingerprint density at radius 3 is 2.88 bits per heavy atom. The third-order valence-electron chi connectivity index (χ3n) is 3.16. The summed E-state index contributed by atoms with van der Waals surface area (Å²) in [4.78, 5) is 13.0. The first-order valence-corrected chi connectivity index (χ1v) is 5.46. The molecule has 0 saturated heterocycles. The van der Waals surface area contributed by atoms with Crippen molar-refractivity contribution in [1.29, 1.82) is 0 Å². The summed E-state index contributed by atoms with van der Waals surface area (Å²) < 4.78 is 0. The van der Waals surface area contributed by atoms with Gasteiger partial charge < -0.3 is 10.8 Å². The number of carboxylic acid groups (broad SMARTS) is 1. The Morgan fingerprint density at radius 2 is 2.31 bits per heavy atom. The van der Waals surface area contributed by atoms with Crippen molar-refractivity contribution in [2.45, 2.75) is 32.5 Å². The van der Waals surface area contributed by atoms with Crippen LogP contribution in [0, 0.1) is 0 Å². The molecule has 1 aliphatic rings. The van der Waals surface area contributed by atoms with Crippen molar-refractivity contribution in [2.24, 2.45) is 0 Å².